The van der Waals surface area contributed by atoms with Crippen molar-refractivity contribution in [3.63, 3.8) is 0 Å². The molecule has 0 unspecified atom stereocenters. The van der Waals surface area contributed by atoms with Crippen LogP contribution in [0, 0.1) is 0 Å². The minimum Gasteiger partial charge on any atom is -0.304 e. The summed E-state index contributed by atoms with van der Waals surface area (Å²) in [5.74, 6) is 0. The largest absolute Gasteiger partial charge is 0.366 e. The van der Waals surface area contributed by atoms with Gasteiger partial charge in [-0.1, -0.05) is 53.5 Å². The lowest BCUT2D eigenvalue weighted by molar-refractivity contribution is 0.138. The van der Waals surface area contributed by atoms with Crippen LogP contribution < -0.4 is 0 Å². The quantitative estimate of drug-likeness (QED) is 0.438. The lowest BCUT2D eigenvalue weighted by Crippen LogP contribution is -2.22. The highest BCUT2D eigenvalue weighted by atomic mass is 35.5. The molecule has 0 atom stereocenters. The van der Waals surface area contributed by atoms with E-state index in [0.29, 0.717) is 6.42 Å². The van der Waals surface area contributed by atoms with E-state index in [1.807, 2.05) is 30.3 Å². The molecule has 0 aliphatic heterocycles. The van der Waals surface area contributed by atoms with E-state index in [1.165, 1.54) is 0 Å². The summed E-state index contributed by atoms with van der Waals surface area (Å²) in [6.07, 6.45) is 0.309. The molecule has 0 amide bonds. The van der Waals surface area contributed by atoms with Gasteiger partial charge in [0.2, 0.25) is 4.07 Å². The van der Waals surface area contributed by atoms with Crippen molar-refractivity contribution in [1.29, 1.82) is 0 Å². The van der Waals surface area contributed by atoms with Crippen molar-refractivity contribution in [2.24, 2.45) is 0 Å². The molecule has 0 N–H and O–H groups in total. The fourth-order valence-corrected chi connectivity index (χ4v) is 4.33. The molecular weight excluding hydrogens is 330 g/mol. The van der Waals surface area contributed by atoms with Gasteiger partial charge in [0.1, 0.15) is 0 Å². The second kappa shape index (κ2) is 7.99. The van der Waals surface area contributed by atoms with E-state index >= 15 is 0 Å². The standard InChI is InChI=1S/C15H23Cl2O3P/c1-12(2)19-21(18,20-13(3)4)15(16,17)11-10-14-8-6-5-7-9-14/h5-9,12-13H,10-11H2,1-4H3. The van der Waals surface area contributed by atoms with Crippen LogP contribution >= 0.6 is 30.8 Å². The summed E-state index contributed by atoms with van der Waals surface area (Å²) in [6, 6.07) is 9.76. The maximum atomic E-state index is 13.0. The monoisotopic (exact) mass is 352 g/mol. The van der Waals surface area contributed by atoms with Gasteiger partial charge in [0, 0.05) is 0 Å². The van der Waals surface area contributed by atoms with Crippen LogP contribution in [0.4, 0.5) is 0 Å². The zero-order valence-electron chi connectivity index (χ0n) is 12.9. The molecule has 120 valence electrons. The molecule has 0 aliphatic rings. The third-order valence-corrected chi connectivity index (χ3v) is 6.70. The average molecular weight is 353 g/mol. The van der Waals surface area contributed by atoms with Crippen molar-refractivity contribution >= 4 is 30.8 Å². The molecule has 0 fully saturated rings. The average Bonchev–Trinajstić information content (AvgIpc) is 2.35. The molecule has 21 heavy (non-hydrogen) atoms. The Morgan fingerprint density at radius 1 is 1.05 bits per heavy atom. The summed E-state index contributed by atoms with van der Waals surface area (Å²) < 4.78 is 22.3. The van der Waals surface area contributed by atoms with E-state index in [4.69, 9.17) is 32.2 Å². The van der Waals surface area contributed by atoms with Gasteiger partial charge in [-0.05, 0) is 46.1 Å². The van der Waals surface area contributed by atoms with E-state index in [9.17, 15) is 4.57 Å². The summed E-state index contributed by atoms with van der Waals surface area (Å²) in [7, 11) is -3.64. The molecule has 3 nitrogen and oxygen atoms in total. The highest BCUT2D eigenvalue weighted by Gasteiger charge is 2.49. The Hall–Kier alpha value is -0.0500. The molecule has 1 rings (SSSR count). The van der Waals surface area contributed by atoms with Crippen LogP contribution in [0.15, 0.2) is 30.3 Å². The van der Waals surface area contributed by atoms with Gasteiger partial charge in [0.25, 0.3) is 0 Å². The normalized spacial score (nSPS) is 13.1. The first-order valence-corrected chi connectivity index (χ1v) is 9.35. The van der Waals surface area contributed by atoms with Crippen molar-refractivity contribution in [2.45, 2.75) is 56.8 Å². The predicted molar refractivity (Wildman–Crippen MR) is 89.2 cm³/mol. The van der Waals surface area contributed by atoms with Crippen molar-refractivity contribution in [2.75, 3.05) is 0 Å². The van der Waals surface area contributed by atoms with Gasteiger partial charge in [0.05, 0.1) is 12.2 Å². The smallest absolute Gasteiger partial charge is 0.304 e. The fourth-order valence-electron chi connectivity index (χ4n) is 1.81. The molecule has 0 radical (unpaired) electrons. The molecule has 0 aromatic heterocycles. The molecule has 0 spiro atoms. The predicted octanol–water partition coefficient (Wildman–Crippen LogP) is 5.79. The number of rotatable bonds is 8. The topological polar surface area (TPSA) is 35.5 Å². The van der Waals surface area contributed by atoms with Crippen molar-refractivity contribution in [3.8, 4) is 0 Å². The Labute approximate surface area is 137 Å². The van der Waals surface area contributed by atoms with E-state index in [0.717, 1.165) is 5.56 Å². The maximum absolute atomic E-state index is 13.0. The highest BCUT2D eigenvalue weighted by Crippen LogP contribution is 2.67. The van der Waals surface area contributed by atoms with Gasteiger partial charge in [0.15, 0.2) is 0 Å². The van der Waals surface area contributed by atoms with Crippen molar-refractivity contribution < 1.29 is 13.6 Å². The zero-order valence-corrected chi connectivity index (χ0v) is 15.3. The van der Waals surface area contributed by atoms with Gasteiger partial charge in [-0.15, -0.1) is 0 Å². The number of halogens is 2. The number of benzene rings is 1. The zero-order chi connectivity index (χ0) is 16.1. The number of hydrogen-bond donors (Lipinski definition) is 0. The summed E-state index contributed by atoms with van der Waals surface area (Å²) in [5.41, 5.74) is 1.07. The first-order chi connectivity index (χ1) is 9.66. The second-order valence-electron chi connectivity index (χ2n) is 5.46. The Morgan fingerprint density at radius 3 is 1.95 bits per heavy atom. The lowest BCUT2D eigenvalue weighted by Gasteiger charge is -2.31. The SMILES string of the molecule is CC(C)OP(=O)(OC(C)C)C(Cl)(Cl)CCc1ccccc1. The van der Waals surface area contributed by atoms with Gasteiger partial charge in [-0.25, -0.2) is 0 Å². The Kier molecular flexibility index (Phi) is 7.23. The molecule has 1 aromatic rings. The van der Waals surface area contributed by atoms with Crippen LogP contribution in [0.25, 0.3) is 0 Å². The number of alkyl halides is 2. The van der Waals surface area contributed by atoms with Crippen LogP contribution in [0.2, 0.25) is 0 Å². The minimum atomic E-state index is -3.64. The molecule has 0 aliphatic carbocycles. The molecule has 0 saturated heterocycles. The maximum Gasteiger partial charge on any atom is 0.366 e. The lowest BCUT2D eigenvalue weighted by atomic mass is 10.1. The Balaban J connectivity index is 2.85. The van der Waals surface area contributed by atoms with Crippen LogP contribution in [-0.4, -0.2) is 16.3 Å². The molecule has 0 heterocycles. The van der Waals surface area contributed by atoms with Crippen LogP contribution in [-0.2, 0) is 20.0 Å². The van der Waals surface area contributed by atoms with E-state index in [-0.39, 0.29) is 18.6 Å². The van der Waals surface area contributed by atoms with Gasteiger partial charge in [-0.3, -0.25) is 4.57 Å². The molecular formula is C15H23Cl2O3P. The number of hydrogen-bond acceptors (Lipinski definition) is 3. The van der Waals surface area contributed by atoms with E-state index < -0.39 is 11.7 Å². The van der Waals surface area contributed by atoms with Crippen molar-refractivity contribution in [1.82, 2.24) is 0 Å². The first kappa shape index (κ1) is 19.0. The third kappa shape index (κ3) is 5.92. The van der Waals surface area contributed by atoms with Crippen LogP contribution in [0.3, 0.4) is 0 Å². The van der Waals surface area contributed by atoms with E-state index in [2.05, 4.69) is 0 Å². The van der Waals surface area contributed by atoms with E-state index in [1.54, 1.807) is 27.7 Å². The Morgan fingerprint density at radius 2 is 1.52 bits per heavy atom. The Bertz CT molecular complexity index is 461. The molecule has 0 saturated carbocycles. The summed E-state index contributed by atoms with van der Waals surface area (Å²) >= 11 is 12.7. The summed E-state index contributed by atoms with van der Waals surface area (Å²) in [5, 5.41) is 0. The second-order valence-corrected chi connectivity index (χ2v) is 9.65. The summed E-state index contributed by atoms with van der Waals surface area (Å²) in [6.45, 7) is 7.10. The first-order valence-electron chi connectivity index (χ1n) is 7.05. The number of aryl methyl sites for hydroxylation is 1. The molecule has 1 aromatic carbocycles. The van der Waals surface area contributed by atoms with Gasteiger partial charge < -0.3 is 9.05 Å². The minimum absolute atomic E-state index is 0.289. The van der Waals surface area contributed by atoms with Crippen molar-refractivity contribution in [3.05, 3.63) is 35.9 Å². The van der Waals surface area contributed by atoms with Crippen LogP contribution in [0.1, 0.15) is 39.7 Å². The molecule has 0 bridgehead atoms. The highest BCUT2D eigenvalue weighted by molar-refractivity contribution is 7.60. The van der Waals surface area contributed by atoms with Gasteiger partial charge in [-0.2, -0.15) is 0 Å². The summed E-state index contributed by atoms with van der Waals surface area (Å²) in [4.78, 5) is 0. The van der Waals surface area contributed by atoms with Crippen LogP contribution in [0.5, 0.6) is 0 Å². The molecule has 6 heteroatoms. The fraction of sp³-hybridized carbons (Fsp3) is 0.600. The third-order valence-electron chi connectivity index (χ3n) is 2.66. The van der Waals surface area contributed by atoms with Gasteiger partial charge >= 0.3 is 7.60 Å².